The molecule has 8 nitrogen and oxygen atoms in total. The third kappa shape index (κ3) is 5.47. The lowest BCUT2D eigenvalue weighted by Crippen LogP contribution is -2.37. The maximum atomic E-state index is 13.0. The van der Waals surface area contributed by atoms with E-state index >= 15 is 0 Å². The van der Waals surface area contributed by atoms with Gasteiger partial charge in [-0.3, -0.25) is 23.6 Å². The second-order valence-electron chi connectivity index (χ2n) is 7.44. The molecule has 0 radical (unpaired) electrons. The average molecular weight is 528 g/mol. The van der Waals surface area contributed by atoms with Crippen LogP contribution in [-0.2, 0) is 14.8 Å². The summed E-state index contributed by atoms with van der Waals surface area (Å²) in [5.74, 6) is -0.912. The number of thiophene rings is 1. The predicted molar refractivity (Wildman–Crippen MR) is 138 cm³/mol. The first-order valence-corrected chi connectivity index (χ1v) is 13.6. The molecule has 180 valence electrons. The van der Waals surface area contributed by atoms with E-state index in [1.54, 1.807) is 36.4 Å². The Morgan fingerprint density at radius 3 is 2.54 bits per heavy atom. The Kier molecular flexibility index (Phi) is 7.39. The normalized spacial score (nSPS) is 15.0. The predicted octanol–water partition coefficient (Wildman–Crippen LogP) is 4.04. The largest absolute Gasteiger partial charge is 0.350 e. The number of nitrogens with zero attached hydrogens (tertiary/aromatic N) is 2. The molecule has 0 atom stereocenters. The minimum absolute atomic E-state index is 0.00687. The molecule has 0 saturated carbocycles. The maximum Gasteiger partial charge on any atom is 0.293 e. The lowest BCUT2D eigenvalue weighted by atomic mass is 10.2. The number of hydrogen-bond donors (Lipinski definition) is 1. The summed E-state index contributed by atoms with van der Waals surface area (Å²) in [6.07, 6.45) is 1.67. The van der Waals surface area contributed by atoms with E-state index in [1.807, 2.05) is 17.5 Å². The molecule has 11 heteroatoms. The van der Waals surface area contributed by atoms with Crippen LogP contribution in [0.15, 0.2) is 81.9 Å². The Labute approximate surface area is 211 Å². The van der Waals surface area contributed by atoms with Crippen molar-refractivity contribution >= 4 is 61.9 Å². The van der Waals surface area contributed by atoms with Crippen LogP contribution in [0.5, 0.6) is 0 Å². The fraction of sp³-hybridized carbons (Fsp3) is 0.125. The van der Waals surface area contributed by atoms with Crippen LogP contribution in [0, 0.1) is 0 Å². The van der Waals surface area contributed by atoms with Gasteiger partial charge in [0.2, 0.25) is 0 Å². The average Bonchev–Trinajstić information content (AvgIpc) is 3.47. The number of thioether (sulfide) groups is 1. The third-order valence-corrected chi connectivity index (χ3v) is 8.69. The maximum absolute atomic E-state index is 13.0. The molecule has 0 spiro atoms. The van der Waals surface area contributed by atoms with Gasteiger partial charge in [-0.1, -0.05) is 30.3 Å². The number of imide groups is 1. The summed E-state index contributed by atoms with van der Waals surface area (Å²) >= 11 is 2.32. The molecule has 2 aromatic carbocycles. The molecule has 3 aromatic rings. The summed E-state index contributed by atoms with van der Waals surface area (Å²) in [4.78, 5) is 39.7. The first-order chi connectivity index (χ1) is 16.8. The number of amides is 3. The van der Waals surface area contributed by atoms with Gasteiger partial charge < -0.3 is 5.32 Å². The molecule has 3 amide bonds. The number of benzene rings is 2. The van der Waals surface area contributed by atoms with Gasteiger partial charge in [0.05, 0.1) is 15.5 Å². The number of sulfonamides is 1. The number of para-hydroxylation sites is 1. The lowest BCUT2D eigenvalue weighted by Gasteiger charge is -2.19. The van der Waals surface area contributed by atoms with E-state index in [9.17, 15) is 22.8 Å². The van der Waals surface area contributed by atoms with E-state index in [0.717, 1.165) is 25.8 Å². The van der Waals surface area contributed by atoms with E-state index in [2.05, 4.69) is 5.32 Å². The molecule has 1 saturated heterocycles. The Morgan fingerprint density at radius 2 is 1.83 bits per heavy atom. The lowest BCUT2D eigenvalue weighted by molar-refractivity contribution is -0.122. The fourth-order valence-electron chi connectivity index (χ4n) is 3.31. The summed E-state index contributed by atoms with van der Waals surface area (Å²) in [5.41, 5.74) is 0.645. The quantitative estimate of drug-likeness (QED) is 0.444. The zero-order valence-electron chi connectivity index (χ0n) is 18.6. The molecule has 0 unspecified atom stereocenters. The van der Waals surface area contributed by atoms with Crippen molar-refractivity contribution in [1.29, 1.82) is 0 Å². The molecule has 0 bridgehead atoms. The Hall–Kier alpha value is -3.41. The standard InChI is InChI=1S/C24H21N3O5S3/c1-26(18-8-3-2-4-9-18)35(31,32)20-11-5-7-17(15-20)22(28)25-12-13-27-23(29)21(34-24(27)30)16-19-10-6-14-33-19/h2-11,14-16H,12-13H2,1H3,(H,25,28)/b21-16-. The number of nitrogens with one attached hydrogen (secondary N) is 1. The molecular weight excluding hydrogens is 506 g/mol. The van der Waals surface area contributed by atoms with Crippen LogP contribution in [0.4, 0.5) is 10.5 Å². The summed E-state index contributed by atoms with van der Waals surface area (Å²) in [6.45, 7) is 0.0387. The molecule has 35 heavy (non-hydrogen) atoms. The SMILES string of the molecule is CN(c1ccccc1)S(=O)(=O)c1cccc(C(=O)NCCN2C(=O)S/C(=C\c3cccs3)C2=O)c1. The van der Waals surface area contributed by atoms with Crippen LogP contribution in [-0.4, -0.2) is 50.5 Å². The summed E-state index contributed by atoms with van der Waals surface area (Å²) in [6, 6.07) is 18.0. The van der Waals surface area contributed by atoms with Gasteiger partial charge in [-0.2, -0.15) is 0 Å². The Bertz CT molecular complexity index is 1390. The zero-order chi connectivity index (χ0) is 25.0. The van der Waals surface area contributed by atoms with Crippen molar-refractivity contribution in [3.05, 3.63) is 87.5 Å². The molecule has 2 heterocycles. The number of rotatable bonds is 8. The van der Waals surface area contributed by atoms with Crippen molar-refractivity contribution < 1.29 is 22.8 Å². The monoisotopic (exact) mass is 527 g/mol. The van der Waals surface area contributed by atoms with Crippen LogP contribution >= 0.6 is 23.1 Å². The highest BCUT2D eigenvalue weighted by Crippen LogP contribution is 2.32. The minimum Gasteiger partial charge on any atom is -0.350 e. The smallest absolute Gasteiger partial charge is 0.293 e. The molecule has 1 aromatic heterocycles. The number of hydrogen-bond acceptors (Lipinski definition) is 7. The second kappa shape index (κ2) is 10.5. The van der Waals surface area contributed by atoms with Gasteiger partial charge in [-0.05, 0) is 59.6 Å². The molecular formula is C24H21N3O5S3. The minimum atomic E-state index is -3.88. The van der Waals surface area contributed by atoms with Gasteiger partial charge in [0, 0.05) is 30.6 Å². The van der Waals surface area contributed by atoms with Gasteiger partial charge in [-0.25, -0.2) is 8.42 Å². The van der Waals surface area contributed by atoms with Gasteiger partial charge in [-0.15, -0.1) is 11.3 Å². The summed E-state index contributed by atoms with van der Waals surface area (Å²) in [5, 5.41) is 4.13. The zero-order valence-corrected chi connectivity index (χ0v) is 21.0. The highest BCUT2D eigenvalue weighted by Gasteiger charge is 2.34. The van der Waals surface area contributed by atoms with E-state index in [-0.39, 0.29) is 23.5 Å². The Morgan fingerprint density at radius 1 is 1.06 bits per heavy atom. The van der Waals surface area contributed by atoms with Gasteiger partial charge in [0.15, 0.2) is 0 Å². The van der Waals surface area contributed by atoms with E-state index in [0.29, 0.717) is 10.6 Å². The van der Waals surface area contributed by atoms with Crippen LogP contribution in [0.25, 0.3) is 6.08 Å². The summed E-state index contributed by atoms with van der Waals surface area (Å²) in [7, 11) is -2.43. The first-order valence-electron chi connectivity index (χ1n) is 10.5. The van der Waals surface area contributed by atoms with Crippen molar-refractivity contribution in [2.45, 2.75) is 4.90 Å². The topological polar surface area (TPSA) is 104 Å². The highest BCUT2D eigenvalue weighted by molar-refractivity contribution is 8.18. The second-order valence-corrected chi connectivity index (χ2v) is 11.4. The van der Waals surface area contributed by atoms with Crippen LogP contribution in [0.2, 0.25) is 0 Å². The molecule has 1 aliphatic heterocycles. The number of anilines is 1. The third-order valence-electron chi connectivity index (χ3n) is 5.19. The van der Waals surface area contributed by atoms with Gasteiger partial charge in [0.25, 0.3) is 27.1 Å². The van der Waals surface area contributed by atoms with Crippen LogP contribution < -0.4 is 9.62 Å². The van der Waals surface area contributed by atoms with E-state index < -0.39 is 27.1 Å². The van der Waals surface area contributed by atoms with E-state index in [1.165, 1.54) is 42.6 Å². The van der Waals surface area contributed by atoms with Gasteiger partial charge in [0.1, 0.15) is 0 Å². The number of carbonyl (C=O) groups is 3. The molecule has 0 aliphatic carbocycles. The highest BCUT2D eigenvalue weighted by atomic mass is 32.2. The van der Waals surface area contributed by atoms with Crippen molar-refractivity contribution in [2.75, 3.05) is 24.4 Å². The fourth-order valence-corrected chi connectivity index (χ4v) is 6.14. The summed E-state index contributed by atoms with van der Waals surface area (Å²) < 4.78 is 27.2. The van der Waals surface area contributed by atoms with Crippen LogP contribution in [0.1, 0.15) is 15.2 Å². The van der Waals surface area contributed by atoms with Crippen molar-refractivity contribution in [3.8, 4) is 0 Å². The Balaban J connectivity index is 1.39. The molecule has 1 fully saturated rings. The molecule has 1 N–H and O–H groups in total. The van der Waals surface area contributed by atoms with Crippen molar-refractivity contribution in [2.24, 2.45) is 0 Å². The van der Waals surface area contributed by atoms with Crippen molar-refractivity contribution in [3.63, 3.8) is 0 Å². The first kappa shape index (κ1) is 24.7. The van der Waals surface area contributed by atoms with Crippen molar-refractivity contribution in [1.82, 2.24) is 10.2 Å². The van der Waals surface area contributed by atoms with E-state index in [4.69, 9.17) is 0 Å². The number of carbonyl (C=O) groups excluding carboxylic acids is 3. The molecule has 4 rings (SSSR count). The molecule has 1 aliphatic rings. The van der Waals surface area contributed by atoms with Gasteiger partial charge >= 0.3 is 0 Å². The van der Waals surface area contributed by atoms with Crippen LogP contribution in [0.3, 0.4) is 0 Å².